The Kier molecular flexibility index (Phi) is 5.06. The maximum Gasteiger partial charge on any atom is 0.279 e. The Balaban J connectivity index is 1.87. The number of aromatic nitrogens is 2. The van der Waals surface area contributed by atoms with E-state index in [1.807, 2.05) is 17.7 Å². The number of aryl methyl sites for hydroxylation is 1. The summed E-state index contributed by atoms with van der Waals surface area (Å²) >= 11 is 0. The number of nitrogens with one attached hydrogen (secondary N) is 1. The van der Waals surface area contributed by atoms with Gasteiger partial charge in [-0.15, -0.1) is 0 Å². The third kappa shape index (κ3) is 3.96. The van der Waals surface area contributed by atoms with E-state index < -0.39 is 38.8 Å². The highest BCUT2D eigenvalue weighted by molar-refractivity contribution is 7.92. The number of nitrogens with zero attached hydrogens (tertiary/aromatic N) is 2. The molecule has 3 aromatic rings. The second-order valence-corrected chi connectivity index (χ2v) is 7.49. The molecule has 0 unspecified atom stereocenters. The molecule has 0 aliphatic heterocycles. The molecule has 0 spiro atoms. The zero-order valence-electron chi connectivity index (χ0n) is 14.5. The zero-order chi connectivity index (χ0) is 20.5. The fourth-order valence-corrected chi connectivity index (χ4v) is 3.39. The topological polar surface area (TPSA) is 115 Å². The first-order valence-electron chi connectivity index (χ1n) is 7.88. The van der Waals surface area contributed by atoms with Crippen molar-refractivity contribution in [2.24, 2.45) is 5.73 Å². The number of amides is 1. The fraction of sp³-hybridized carbons (Fsp3) is 0.0556. The number of sulfonamides is 1. The van der Waals surface area contributed by atoms with Crippen LogP contribution in [0.1, 0.15) is 16.1 Å². The molecule has 0 atom stereocenters. The first kappa shape index (κ1) is 19.4. The van der Waals surface area contributed by atoms with Gasteiger partial charge < -0.3 is 5.73 Å². The average Bonchev–Trinajstić information content (AvgIpc) is 2.61. The number of carbonyl (C=O) groups excluding carboxylic acids is 1. The minimum atomic E-state index is -4.21. The molecule has 1 aromatic carbocycles. The van der Waals surface area contributed by atoms with Crippen molar-refractivity contribution >= 4 is 21.6 Å². The summed E-state index contributed by atoms with van der Waals surface area (Å²) in [6.07, 6.45) is 2.98. The second kappa shape index (κ2) is 7.31. The van der Waals surface area contributed by atoms with Gasteiger partial charge in [-0.05, 0) is 37.3 Å². The van der Waals surface area contributed by atoms with Gasteiger partial charge in [0.1, 0.15) is 17.2 Å². The molecule has 2 heterocycles. The van der Waals surface area contributed by atoms with E-state index in [9.17, 15) is 22.0 Å². The van der Waals surface area contributed by atoms with Crippen LogP contribution in [0.5, 0.6) is 0 Å². The van der Waals surface area contributed by atoms with Crippen LogP contribution < -0.4 is 10.5 Å². The van der Waals surface area contributed by atoms with Crippen LogP contribution in [0.4, 0.5) is 14.5 Å². The van der Waals surface area contributed by atoms with Crippen molar-refractivity contribution in [2.75, 3.05) is 4.72 Å². The highest BCUT2D eigenvalue weighted by Gasteiger charge is 2.20. The van der Waals surface area contributed by atoms with Crippen molar-refractivity contribution in [2.45, 2.75) is 11.9 Å². The molecule has 1 amide bonds. The molecule has 3 rings (SSSR count). The molecular weight excluding hydrogens is 390 g/mol. The summed E-state index contributed by atoms with van der Waals surface area (Å²) in [5.74, 6) is -3.85. The number of hydrogen-bond acceptors (Lipinski definition) is 5. The van der Waals surface area contributed by atoms with Crippen LogP contribution in [0.2, 0.25) is 0 Å². The van der Waals surface area contributed by atoms with Gasteiger partial charge in [-0.25, -0.2) is 13.8 Å². The molecular formula is C18H14F2N4O3S. The van der Waals surface area contributed by atoms with Crippen LogP contribution in [-0.4, -0.2) is 24.3 Å². The van der Waals surface area contributed by atoms with Gasteiger partial charge in [0.25, 0.3) is 15.9 Å². The fourth-order valence-electron chi connectivity index (χ4n) is 2.42. The molecule has 0 saturated carbocycles. The lowest BCUT2D eigenvalue weighted by Crippen LogP contribution is -2.18. The van der Waals surface area contributed by atoms with Gasteiger partial charge in [-0.2, -0.15) is 8.42 Å². The number of nitrogens with two attached hydrogens (primary N) is 1. The molecule has 7 nitrogen and oxygen atoms in total. The molecule has 0 radical (unpaired) electrons. The minimum Gasteiger partial charge on any atom is -0.365 e. The second-order valence-electron chi connectivity index (χ2n) is 5.86. The normalized spacial score (nSPS) is 11.2. The van der Waals surface area contributed by atoms with Gasteiger partial charge in [0.15, 0.2) is 5.03 Å². The summed E-state index contributed by atoms with van der Waals surface area (Å²) in [4.78, 5) is 19.1. The van der Waals surface area contributed by atoms with E-state index in [2.05, 4.69) is 9.97 Å². The Labute approximate surface area is 159 Å². The van der Waals surface area contributed by atoms with E-state index in [4.69, 9.17) is 5.73 Å². The van der Waals surface area contributed by atoms with E-state index in [0.717, 1.165) is 11.3 Å². The van der Waals surface area contributed by atoms with Gasteiger partial charge >= 0.3 is 0 Å². The largest absolute Gasteiger partial charge is 0.365 e. The SMILES string of the molecule is Cc1ccc(-c2ccc(S(=O)(=O)Nc3cc(F)c(C(N)=O)c(F)c3)nc2)cn1. The highest BCUT2D eigenvalue weighted by Crippen LogP contribution is 2.23. The van der Waals surface area contributed by atoms with E-state index >= 15 is 0 Å². The third-order valence-electron chi connectivity index (χ3n) is 3.80. The lowest BCUT2D eigenvalue weighted by atomic mass is 10.1. The molecule has 0 bridgehead atoms. The van der Waals surface area contributed by atoms with E-state index in [0.29, 0.717) is 17.7 Å². The van der Waals surface area contributed by atoms with Crippen molar-refractivity contribution in [3.8, 4) is 11.1 Å². The quantitative estimate of drug-likeness (QED) is 0.678. The van der Waals surface area contributed by atoms with Crippen LogP contribution in [0.15, 0.2) is 53.8 Å². The van der Waals surface area contributed by atoms with Crippen molar-refractivity contribution in [3.05, 3.63) is 71.7 Å². The number of benzene rings is 1. The maximum atomic E-state index is 13.8. The molecule has 0 aliphatic rings. The number of rotatable bonds is 5. The van der Waals surface area contributed by atoms with E-state index in [1.165, 1.54) is 18.3 Å². The van der Waals surface area contributed by atoms with Gasteiger partial charge in [-0.1, -0.05) is 6.07 Å². The molecule has 3 N–H and O–H groups in total. The van der Waals surface area contributed by atoms with Crippen molar-refractivity contribution in [1.82, 2.24) is 9.97 Å². The summed E-state index contributed by atoms with van der Waals surface area (Å²) in [6, 6.07) is 7.73. The smallest absolute Gasteiger partial charge is 0.279 e. The minimum absolute atomic E-state index is 0.351. The lowest BCUT2D eigenvalue weighted by Gasteiger charge is -2.10. The summed E-state index contributed by atoms with van der Waals surface area (Å²) < 4.78 is 54.5. The van der Waals surface area contributed by atoms with Gasteiger partial charge in [0.2, 0.25) is 0 Å². The average molecular weight is 404 g/mol. The van der Waals surface area contributed by atoms with E-state index in [-0.39, 0.29) is 5.03 Å². The van der Waals surface area contributed by atoms with Gasteiger partial charge in [0, 0.05) is 29.2 Å². The lowest BCUT2D eigenvalue weighted by molar-refractivity contribution is 0.0992. The highest BCUT2D eigenvalue weighted by atomic mass is 32.2. The predicted molar refractivity (Wildman–Crippen MR) is 97.9 cm³/mol. The molecule has 10 heteroatoms. The Bertz CT molecular complexity index is 1130. The summed E-state index contributed by atoms with van der Waals surface area (Å²) in [5.41, 5.74) is 5.76. The number of anilines is 1. The first-order chi connectivity index (χ1) is 13.2. The molecule has 28 heavy (non-hydrogen) atoms. The van der Waals surface area contributed by atoms with Crippen molar-refractivity contribution in [1.29, 1.82) is 0 Å². The predicted octanol–water partition coefficient (Wildman–Crippen LogP) is 2.63. The van der Waals surface area contributed by atoms with Crippen molar-refractivity contribution in [3.63, 3.8) is 0 Å². The van der Waals surface area contributed by atoms with Crippen LogP contribution >= 0.6 is 0 Å². The number of primary amides is 1. The van der Waals surface area contributed by atoms with Gasteiger partial charge in [-0.3, -0.25) is 14.5 Å². The molecule has 144 valence electrons. The summed E-state index contributed by atoms with van der Waals surface area (Å²) in [5, 5.41) is -0.351. The van der Waals surface area contributed by atoms with Crippen LogP contribution in [0.3, 0.4) is 0 Å². The number of halogens is 2. The van der Waals surface area contributed by atoms with E-state index in [1.54, 1.807) is 12.3 Å². The Morgan fingerprint density at radius 1 is 1.00 bits per heavy atom. The van der Waals surface area contributed by atoms with Crippen LogP contribution in [0.25, 0.3) is 11.1 Å². The Morgan fingerprint density at radius 3 is 2.04 bits per heavy atom. The standard InChI is InChI=1S/C18H14F2N4O3S/c1-10-2-3-11(8-22-10)12-4-5-16(23-9-12)28(26,27)24-13-6-14(19)17(18(21)25)15(20)7-13/h2-9,24H,1H3,(H2,21,25). The molecule has 0 aliphatic carbocycles. The van der Waals surface area contributed by atoms with Crippen molar-refractivity contribution < 1.29 is 22.0 Å². The number of carbonyl (C=O) groups is 1. The molecule has 0 saturated heterocycles. The molecule has 0 fully saturated rings. The van der Waals surface area contributed by atoms with Gasteiger partial charge in [0.05, 0.1) is 5.69 Å². The Hall–Kier alpha value is -3.40. The van der Waals surface area contributed by atoms with Crippen LogP contribution in [-0.2, 0) is 10.0 Å². The number of hydrogen-bond donors (Lipinski definition) is 2. The summed E-state index contributed by atoms with van der Waals surface area (Å²) in [6.45, 7) is 1.84. The molecule has 2 aromatic heterocycles. The Morgan fingerprint density at radius 2 is 1.57 bits per heavy atom. The van der Waals surface area contributed by atoms with Crippen LogP contribution in [0, 0.1) is 18.6 Å². The zero-order valence-corrected chi connectivity index (χ0v) is 15.3. The third-order valence-corrected chi connectivity index (χ3v) is 5.09. The number of pyridine rings is 2. The summed E-state index contributed by atoms with van der Waals surface area (Å²) in [7, 11) is -4.21. The monoisotopic (exact) mass is 404 g/mol. The maximum absolute atomic E-state index is 13.8. The first-order valence-corrected chi connectivity index (χ1v) is 9.36.